The molecule has 0 aliphatic carbocycles. The Labute approximate surface area is 163 Å². The van der Waals surface area contributed by atoms with E-state index in [4.69, 9.17) is 20.6 Å². The van der Waals surface area contributed by atoms with E-state index in [1.165, 1.54) is 7.11 Å². The molecule has 28 heavy (non-hydrogen) atoms. The van der Waals surface area contributed by atoms with Crippen molar-refractivity contribution in [1.82, 2.24) is 5.32 Å². The van der Waals surface area contributed by atoms with Crippen molar-refractivity contribution < 1.29 is 19.1 Å². The zero-order chi connectivity index (χ0) is 20.9. The highest BCUT2D eigenvalue weighted by Crippen LogP contribution is 2.21. The fourth-order valence-electron chi connectivity index (χ4n) is 2.27. The van der Waals surface area contributed by atoms with Crippen molar-refractivity contribution in [2.75, 3.05) is 18.2 Å². The number of benzene rings is 2. The zero-order valence-electron chi connectivity index (χ0n) is 16.3. The van der Waals surface area contributed by atoms with Gasteiger partial charge in [-0.05, 0) is 57.2 Å². The molecule has 0 saturated carbocycles. The molecule has 2 amide bonds. The maximum Gasteiger partial charge on any atom is 0.413 e. The van der Waals surface area contributed by atoms with E-state index in [1.807, 2.05) is 0 Å². The van der Waals surface area contributed by atoms with Crippen LogP contribution < -0.4 is 21.1 Å². The van der Waals surface area contributed by atoms with Crippen LogP contribution in [0.15, 0.2) is 42.5 Å². The van der Waals surface area contributed by atoms with Gasteiger partial charge in [0.15, 0.2) is 0 Å². The van der Waals surface area contributed by atoms with Crippen molar-refractivity contribution in [3.8, 4) is 5.75 Å². The summed E-state index contributed by atoms with van der Waals surface area (Å²) >= 11 is 0. The highest BCUT2D eigenvalue weighted by molar-refractivity contribution is 6.08. The molecule has 0 bridgehead atoms. The number of anilines is 2. The summed E-state index contributed by atoms with van der Waals surface area (Å²) in [6.07, 6.45) is -0.704. The SMILES string of the molecule is COc1ccc(C(=O)Nc2ccc(C(=N)NC(=O)OC(C)(C)C)cc2)c(N)c1. The molecule has 0 heterocycles. The molecule has 0 spiro atoms. The van der Waals surface area contributed by atoms with E-state index in [0.29, 0.717) is 28.3 Å². The minimum atomic E-state index is -0.704. The van der Waals surface area contributed by atoms with Crippen LogP contribution in [0, 0.1) is 5.41 Å². The fourth-order valence-corrected chi connectivity index (χ4v) is 2.27. The summed E-state index contributed by atoms with van der Waals surface area (Å²) in [5, 5.41) is 13.0. The second-order valence-corrected chi connectivity index (χ2v) is 6.99. The Kier molecular flexibility index (Phi) is 6.25. The van der Waals surface area contributed by atoms with Gasteiger partial charge in [0.05, 0.1) is 12.7 Å². The number of nitrogens with two attached hydrogens (primary N) is 1. The Hall–Kier alpha value is -3.55. The van der Waals surface area contributed by atoms with Crippen LogP contribution in [0.3, 0.4) is 0 Å². The van der Waals surface area contributed by atoms with Crippen molar-refractivity contribution in [1.29, 1.82) is 5.41 Å². The fraction of sp³-hybridized carbons (Fsp3) is 0.250. The first-order valence-electron chi connectivity index (χ1n) is 8.53. The van der Waals surface area contributed by atoms with Crippen LogP contribution in [0.25, 0.3) is 0 Å². The average Bonchev–Trinajstić information content (AvgIpc) is 2.60. The molecule has 0 saturated heterocycles. The summed E-state index contributed by atoms with van der Waals surface area (Å²) in [5.74, 6) is 0.0933. The molecule has 2 aromatic rings. The van der Waals surface area contributed by atoms with Crippen LogP contribution >= 0.6 is 0 Å². The smallest absolute Gasteiger partial charge is 0.413 e. The van der Waals surface area contributed by atoms with Gasteiger partial charge >= 0.3 is 6.09 Å². The van der Waals surface area contributed by atoms with Crippen molar-refractivity contribution in [3.05, 3.63) is 53.6 Å². The molecule has 2 rings (SSSR count). The monoisotopic (exact) mass is 384 g/mol. The molecule has 2 aromatic carbocycles. The van der Waals surface area contributed by atoms with Gasteiger partial charge in [-0.1, -0.05) is 0 Å². The van der Waals surface area contributed by atoms with Crippen molar-refractivity contribution >= 4 is 29.2 Å². The molecule has 8 heteroatoms. The lowest BCUT2D eigenvalue weighted by Gasteiger charge is -2.19. The van der Waals surface area contributed by atoms with Gasteiger partial charge < -0.3 is 20.5 Å². The van der Waals surface area contributed by atoms with Gasteiger partial charge in [-0.3, -0.25) is 15.5 Å². The average molecular weight is 384 g/mol. The standard InChI is InChI=1S/C20H24N4O4/c1-20(2,3)28-19(26)24-17(22)12-5-7-13(8-6-12)23-18(25)15-10-9-14(27-4)11-16(15)21/h5-11H,21H2,1-4H3,(H,23,25)(H2,22,24,26). The molecule has 148 valence electrons. The minimum Gasteiger partial charge on any atom is -0.497 e. The number of rotatable bonds is 4. The van der Waals surface area contributed by atoms with Crippen molar-refractivity contribution in [2.45, 2.75) is 26.4 Å². The number of alkyl carbamates (subject to hydrolysis) is 1. The largest absolute Gasteiger partial charge is 0.497 e. The van der Waals surface area contributed by atoms with Gasteiger partial charge in [-0.25, -0.2) is 4.79 Å². The summed E-state index contributed by atoms with van der Waals surface area (Å²) in [6.45, 7) is 5.22. The molecule has 0 atom stereocenters. The quantitative estimate of drug-likeness (QED) is 0.365. The second-order valence-electron chi connectivity index (χ2n) is 6.99. The number of carbonyl (C=O) groups is 2. The third-order valence-electron chi connectivity index (χ3n) is 3.56. The van der Waals surface area contributed by atoms with E-state index >= 15 is 0 Å². The van der Waals surface area contributed by atoms with Gasteiger partial charge in [0.2, 0.25) is 0 Å². The Morgan fingerprint density at radius 3 is 2.25 bits per heavy atom. The van der Waals surface area contributed by atoms with E-state index < -0.39 is 11.7 Å². The van der Waals surface area contributed by atoms with Crippen LogP contribution in [0.5, 0.6) is 5.75 Å². The summed E-state index contributed by atoms with van der Waals surface area (Å²) in [6, 6.07) is 11.3. The highest BCUT2D eigenvalue weighted by atomic mass is 16.6. The number of nitrogen functional groups attached to an aromatic ring is 1. The van der Waals surface area contributed by atoms with Crippen LogP contribution in [0.2, 0.25) is 0 Å². The van der Waals surface area contributed by atoms with E-state index in [2.05, 4.69) is 10.6 Å². The van der Waals surface area contributed by atoms with Gasteiger partial charge in [-0.15, -0.1) is 0 Å². The van der Waals surface area contributed by atoms with Crippen LogP contribution in [0.4, 0.5) is 16.2 Å². The van der Waals surface area contributed by atoms with Crippen molar-refractivity contribution in [3.63, 3.8) is 0 Å². The molecule has 0 unspecified atom stereocenters. The predicted molar refractivity (Wildman–Crippen MR) is 108 cm³/mol. The Morgan fingerprint density at radius 2 is 1.71 bits per heavy atom. The molecular formula is C20H24N4O4. The lowest BCUT2D eigenvalue weighted by Crippen LogP contribution is -2.36. The maximum absolute atomic E-state index is 12.4. The number of hydrogen-bond donors (Lipinski definition) is 4. The molecule has 0 aliphatic heterocycles. The first-order valence-corrected chi connectivity index (χ1v) is 8.53. The summed E-state index contributed by atoms with van der Waals surface area (Å²) < 4.78 is 10.2. The van der Waals surface area contributed by atoms with Crippen LogP contribution in [-0.2, 0) is 4.74 Å². The van der Waals surface area contributed by atoms with Crippen LogP contribution in [-0.4, -0.2) is 30.5 Å². The van der Waals surface area contributed by atoms with E-state index in [9.17, 15) is 9.59 Å². The lowest BCUT2D eigenvalue weighted by molar-refractivity contribution is 0.0563. The number of methoxy groups -OCH3 is 1. The van der Waals surface area contributed by atoms with Gasteiger partial charge in [0.25, 0.3) is 5.91 Å². The molecule has 0 fully saturated rings. The minimum absolute atomic E-state index is 0.105. The lowest BCUT2D eigenvalue weighted by atomic mass is 10.1. The number of ether oxygens (including phenoxy) is 2. The molecule has 5 N–H and O–H groups in total. The molecule has 8 nitrogen and oxygen atoms in total. The van der Waals surface area contributed by atoms with E-state index in [0.717, 1.165) is 0 Å². The first-order chi connectivity index (χ1) is 13.1. The van der Waals surface area contributed by atoms with Gasteiger partial charge in [0.1, 0.15) is 17.2 Å². The van der Waals surface area contributed by atoms with Gasteiger partial charge in [-0.2, -0.15) is 0 Å². The number of amides is 2. The van der Waals surface area contributed by atoms with E-state index in [1.54, 1.807) is 63.2 Å². The number of nitrogens with one attached hydrogen (secondary N) is 3. The summed E-state index contributed by atoms with van der Waals surface area (Å²) in [5.41, 5.74) is 6.85. The Morgan fingerprint density at radius 1 is 1.07 bits per heavy atom. The molecule has 0 aromatic heterocycles. The Bertz CT molecular complexity index is 886. The number of hydrogen-bond acceptors (Lipinski definition) is 6. The zero-order valence-corrected chi connectivity index (χ0v) is 16.3. The van der Waals surface area contributed by atoms with Crippen LogP contribution in [0.1, 0.15) is 36.7 Å². The molecular weight excluding hydrogens is 360 g/mol. The third-order valence-corrected chi connectivity index (χ3v) is 3.56. The predicted octanol–water partition coefficient (Wildman–Crippen LogP) is 3.38. The topological polar surface area (TPSA) is 127 Å². The second kappa shape index (κ2) is 8.43. The normalized spacial score (nSPS) is 10.7. The van der Waals surface area contributed by atoms with E-state index in [-0.39, 0.29) is 11.7 Å². The number of amidine groups is 1. The summed E-state index contributed by atoms with van der Waals surface area (Å²) in [4.78, 5) is 24.1. The molecule has 0 aliphatic rings. The number of carbonyl (C=O) groups excluding carboxylic acids is 2. The van der Waals surface area contributed by atoms with Gasteiger partial charge in [0, 0.05) is 23.0 Å². The highest BCUT2D eigenvalue weighted by Gasteiger charge is 2.17. The Balaban J connectivity index is 2.01. The third kappa shape index (κ3) is 5.73. The molecule has 0 radical (unpaired) electrons. The van der Waals surface area contributed by atoms with Crippen molar-refractivity contribution in [2.24, 2.45) is 0 Å². The maximum atomic E-state index is 12.4. The first kappa shape index (κ1) is 20.8. The summed E-state index contributed by atoms with van der Waals surface area (Å²) in [7, 11) is 1.52.